The minimum absolute atomic E-state index is 0.175. The van der Waals surface area contributed by atoms with Crippen molar-refractivity contribution < 1.29 is 28.2 Å². The number of hydrogen-bond acceptors (Lipinski definition) is 9. The van der Waals surface area contributed by atoms with E-state index >= 15 is 4.39 Å². The third-order valence-corrected chi connectivity index (χ3v) is 7.73. The first-order valence-corrected chi connectivity index (χ1v) is 15.7. The first-order chi connectivity index (χ1) is 23.5. The van der Waals surface area contributed by atoms with Gasteiger partial charge in [-0.15, -0.1) is 10.2 Å². The van der Waals surface area contributed by atoms with Crippen molar-refractivity contribution in [3.05, 3.63) is 108 Å². The van der Waals surface area contributed by atoms with Crippen molar-refractivity contribution in [2.75, 3.05) is 18.6 Å². The molecule has 5 aromatic rings. The number of anilines is 1. The maximum Gasteiger partial charge on any atom is 0.414 e. The van der Waals surface area contributed by atoms with Gasteiger partial charge >= 0.3 is 12.2 Å². The van der Waals surface area contributed by atoms with Crippen LogP contribution in [0.1, 0.15) is 37.6 Å². The summed E-state index contributed by atoms with van der Waals surface area (Å²) in [6.45, 7) is 6.97. The SMILES string of the molecule is COc1ccc(Cn2cc(CN(Cc3ccc(-c4ccc(N5C[C@H](Cn6ccnn6)OC5=O)cc4F)cc3)C(=O)OC(C)(C)C)nn2)cc1. The van der Waals surface area contributed by atoms with Crippen LogP contribution in [0.5, 0.6) is 5.75 Å². The highest BCUT2D eigenvalue weighted by Crippen LogP contribution is 2.30. The van der Waals surface area contributed by atoms with Crippen molar-refractivity contribution >= 4 is 17.9 Å². The molecule has 254 valence electrons. The van der Waals surface area contributed by atoms with Gasteiger partial charge < -0.3 is 14.2 Å². The van der Waals surface area contributed by atoms with Crippen molar-refractivity contribution in [2.24, 2.45) is 0 Å². The van der Waals surface area contributed by atoms with Crippen molar-refractivity contribution in [1.82, 2.24) is 34.9 Å². The molecule has 0 radical (unpaired) electrons. The Labute approximate surface area is 282 Å². The van der Waals surface area contributed by atoms with Gasteiger partial charge in [0, 0.05) is 18.3 Å². The monoisotopic (exact) mass is 668 g/mol. The third kappa shape index (κ3) is 8.39. The van der Waals surface area contributed by atoms with E-state index in [0.29, 0.717) is 35.6 Å². The molecule has 3 heterocycles. The molecular formula is C35H37FN8O5. The van der Waals surface area contributed by atoms with E-state index in [1.54, 1.807) is 64.2 Å². The van der Waals surface area contributed by atoms with Gasteiger partial charge in [-0.25, -0.2) is 23.3 Å². The second-order valence-electron chi connectivity index (χ2n) is 12.7. The summed E-state index contributed by atoms with van der Waals surface area (Å²) in [4.78, 5) is 28.8. The van der Waals surface area contributed by atoms with Crippen LogP contribution in [0.2, 0.25) is 0 Å². The first-order valence-electron chi connectivity index (χ1n) is 15.7. The third-order valence-electron chi connectivity index (χ3n) is 7.73. The molecule has 3 aromatic carbocycles. The predicted octanol–water partition coefficient (Wildman–Crippen LogP) is 5.70. The molecule has 49 heavy (non-hydrogen) atoms. The van der Waals surface area contributed by atoms with E-state index in [4.69, 9.17) is 14.2 Å². The maximum atomic E-state index is 15.4. The van der Waals surface area contributed by atoms with Crippen LogP contribution in [0.15, 0.2) is 85.3 Å². The van der Waals surface area contributed by atoms with E-state index in [0.717, 1.165) is 16.9 Å². The first kappa shape index (κ1) is 33.1. The van der Waals surface area contributed by atoms with Gasteiger partial charge in [-0.3, -0.25) is 9.80 Å². The molecule has 1 fully saturated rings. The lowest BCUT2D eigenvalue weighted by Crippen LogP contribution is -2.36. The Balaban J connectivity index is 1.12. The number of amides is 2. The number of nitrogens with zero attached hydrogens (tertiary/aromatic N) is 8. The molecule has 1 aliphatic heterocycles. The van der Waals surface area contributed by atoms with E-state index in [-0.39, 0.29) is 19.6 Å². The quantitative estimate of drug-likeness (QED) is 0.174. The van der Waals surface area contributed by atoms with Crippen LogP contribution in [-0.2, 0) is 35.7 Å². The highest BCUT2D eigenvalue weighted by atomic mass is 19.1. The lowest BCUT2D eigenvalue weighted by Gasteiger charge is -2.27. The summed E-state index contributed by atoms with van der Waals surface area (Å²) in [7, 11) is 1.62. The Morgan fingerprint density at radius 1 is 1.00 bits per heavy atom. The van der Waals surface area contributed by atoms with Gasteiger partial charge in [0.25, 0.3) is 0 Å². The van der Waals surface area contributed by atoms with Crippen LogP contribution in [0.4, 0.5) is 19.7 Å². The molecule has 0 bridgehead atoms. The minimum Gasteiger partial charge on any atom is -0.497 e. The molecule has 0 aliphatic carbocycles. The molecule has 14 heteroatoms. The zero-order valence-electron chi connectivity index (χ0n) is 27.7. The van der Waals surface area contributed by atoms with Crippen LogP contribution >= 0.6 is 0 Å². The Bertz CT molecular complexity index is 1890. The zero-order chi connectivity index (χ0) is 34.5. The molecule has 0 N–H and O–H groups in total. The summed E-state index contributed by atoms with van der Waals surface area (Å²) in [5.41, 5.74) is 3.17. The Morgan fingerprint density at radius 3 is 2.43 bits per heavy atom. The van der Waals surface area contributed by atoms with Crippen LogP contribution in [0.3, 0.4) is 0 Å². The second-order valence-corrected chi connectivity index (χ2v) is 12.7. The smallest absolute Gasteiger partial charge is 0.414 e. The van der Waals surface area contributed by atoms with Gasteiger partial charge in [0.2, 0.25) is 0 Å². The number of aromatic nitrogens is 6. The van der Waals surface area contributed by atoms with E-state index in [9.17, 15) is 9.59 Å². The molecular weight excluding hydrogens is 631 g/mol. The number of rotatable bonds is 11. The summed E-state index contributed by atoms with van der Waals surface area (Å²) >= 11 is 0. The molecule has 1 saturated heterocycles. The normalized spacial score (nSPS) is 14.5. The fourth-order valence-corrected chi connectivity index (χ4v) is 5.40. The number of carbonyl (C=O) groups excluding carboxylic acids is 2. The zero-order valence-corrected chi connectivity index (χ0v) is 27.7. The average Bonchev–Trinajstić information content (AvgIpc) is 3.83. The van der Waals surface area contributed by atoms with E-state index in [1.165, 1.54) is 11.0 Å². The molecule has 2 aromatic heterocycles. The van der Waals surface area contributed by atoms with Crippen molar-refractivity contribution in [2.45, 2.75) is 58.7 Å². The Morgan fingerprint density at radius 2 is 1.76 bits per heavy atom. The molecule has 1 atom stereocenters. The number of benzene rings is 3. The molecule has 0 spiro atoms. The van der Waals surface area contributed by atoms with Gasteiger partial charge in [0.1, 0.15) is 29.0 Å². The van der Waals surface area contributed by atoms with Gasteiger partial charge in [-0.1, -0.05) is 46.8 Å². The topological polar surface area (TPSA) is 130 Å². The fraction of sp³-hybridized carbons (Fsp3) is 0.314. The summed E-state index contributed by atoms with van der Waals surface area (Å²) in [5.74, 6) is 0.290. The summed E-state index contributed by atoms with van der Waals surface area (Å²) in [6.07, 6.45) is 3.56. The van der Waals surface area contributed by atoms with Crippen LogP contribution < -0.4 is 9.64 Å². The number of ether oxygens (including phenoxy) is 3. The van der Waals surface area contributed by atoms with Crippen LogP contribution in [0.25, 0.3) is 11.1 Å². The Kier molecular flexibility index (Phi) is 9.56. The van der Waals surface area contributed by atoms with Crippen molar-refractivity contribution in [3.8, 4) is 16.9 Å². The van der Waals surface area contributed by atoms with E-state index in [2.05, 4.69) is 20.6 Å². The van der Waals surface area contributed by atoms with Crippen molar-refractivity contribution in [3.63, 3.8) is 0 Å². The summed E-state index contributed by atoms with van der Waals surface area (Å²) < 4.78 is 35.1. The minimum atomic E-state index is -0.696. The van der Waals surface area contributed by atoms with Crippen molar-refractivity contribution in [1.29, 1.82) is 0 Å². The fourth-order valence-electron chi connectivity index (χ4n) is 5.40. The average molecular weight is 669 g/mol. The highest BCUT2D eigenvalue weighted by Gasteiger charge is 2.33. The number of methoxy groups -OCH3 is 1. The largest absolute Gasteiger partial charge is 0.497 e. The molecule has 13 nitrogen and oxygen atoms in total. The summed E-state index contributed by atoms with van der Waals surface area (Å²) in [6, 6.07) is 19.6. The predicted molar refractivity (Wildman–Crippen MR) is 177 cm³/mol. The molecule has 0 saturated carbocycles. The lowest BCUT2D eigenvalue weighted by atomic mass is 10.0. The number of hydrogen-bond donors (Lipinski definition) is 0. The van der Waals surface area contributed by atoms with Gasteiger partial charge in [-0.2, -0.15) is 0 Å². The number of cyclic esters (lactones) is 1. The van der Waals surface area contributed by atoms with Crippen LogP contribution in [0, 0.1) is 5.82 Å². The lowest BCUT2D eigenvalue weighted by molar-refractivity contribution is 0.0214. The van der Waals surface area contributed by atoms with Gasteiger partial charge in [0.05, 0.1) is 51.4 Å². The van der Waals surface area contributed by atoms with Crippen LogP contribution in [-0.4, -0.2) is 72.4 Å². The van der Waals surface area contributed by atoms with Gasteiger partial charge in [-0.05, 0) is 67.8 Å². The van der Waals surface area contributed by atoms with E-state index in [1.807, 2.05) is 57.2 Å². The Hall–Kier alpha value is -5.79. The standard InChI is InChI=1S/C35H37FN8O5/c1-35(2,3)49-33(45)41(20-27-21-43(40-38-27)19-25-7-12-29(47-4)13-8-25)18-24-5-9-26(10-6-24)31-14-11-28(17-32(31)36)44-23-30(48-34(44)46)22-42-16-15-37-39-42/h5-17,21,30H,18-20,22-23H2,1-4H3/t30-/m0/s1. The summed E-state index contributed by atoms with van der Waals surface area (Å²) in [5, 5.41) is 16.2. The molecule has 6 rings (SSSR count). The molecule has 0 unspecified atom stereocenters. The number of carbonyl (C=O) groups is 2. The highest BCUT2D eigenvalue weighted by molar-refractivity contribution is 5.90. The van der Waals surface area contributed by atoms with Gasteiger partial charge in [0.15, 0.2) is 0 Å². The second kappa shape index (κ2) is 14.1. The molecule has 1 aliphatic rings. The number of halogens is 1. The maximum absolute atomic E-state index is 15.4. The van der Waals surface area contributed by atoms with E-state index < -0.39 is 29.7 Å². The molecule has 2 amide bonds.